The second kappa shape index (κ2) is 9.06. The van der Waals surface area contributed by atoms with Crippen LogP contribution in [0, 0.1) is 0 Å². The summed E-state index contributed by atoms with van der Waals surface area (Å²) < 4.78 is 0. The topological polar surface area (TPSA) is 61.4 Å². The summed E-state index contributed by atoms with van der Waals surface area (Å²) in [4.78, 5) is 25.6. The van der Waals surface area contributed by atoms with E-state index in [0.717, 1.165) is 0 Å². The number of nitrogens with one attached hydrogen (secondary N) is 2. The van der Waals surface area contributed by atoms with Gasteiger partial charge >= 0.3 is 0 Å². The van der Waals surface area contributed by atoms with Crippen LogP contribution in [0.4, 0.5) is 11.4 Å². The van der Waals surface area contributed by atoms with Gasteiger partial charge in [-0.1, -0.05) is 46.9 Å². The standard InChI is InChI=1S/C17H16Cl3N3O2/c1-23(10-17(25)22-15-5-3-2-4-13(15)19)9-16(24)21-11-6-7-12(18)14(20)8-11/h2-8H,9-10H2,1H3,(H,21,24)(H,22,25). The Morgan fingerprint density at radius 3 is 2.16 bits per heavy atom. The molecule has 0 spiro atoms. The van der Waals surface area contributed by atoms with Gasteiger partial charge in [0.15, 0.2) is 0 Å². The van der Waals surface area contributed by atoms with Gasteiger partial charge in [-0.15, -0.1) is 0 Å². The number of carbonyl (C=O) groups excluding carboxylic acids is 2. The highest BCUT2D eigenvalue weighted by atomic mass is 35.5. The van der Waals surface area contributed by atoms with Crippen LogP contribution in [-0.2, 0) is 9.59 Å². The lowest BCUT2D eigenvalue weighted by molar-refractivity contribution is -0.119. The van der Waals surface area contributed by atoms with Gasteiger partial charge in [-0.3, -0.25) is 14.5 Å². The number of para-hydroxylation sites is 1. The molecular weight excluding hydrogens is 385 g/mol. The van der Waals surface area contributed by atoms with Gasteiger partial charge < -0.3 is 10.6 Å². The summed E-state index contributed by atoms with van der Waals surface area (Å²) in [5, 5.41) is 6.62. The molecule has 0 fully saturated rings. The molecule has 0 radical (unpaired) electrons. The van der Waals surface area contributed by atoms with Crippen LogP contribution < -0.4 is 10.6 Å². The Bertz CT molecular complexity index is 783. The summed E-state index contributed by atoms with van der Waals surface area (Å²) in [6.45, 7) is 0.0796. The minimum atomic E-state index is -0.272. The zero-order chi connectivity index (χ0) is 18.4. The summed E-state index contributed by atoms with van der Waals surface area (Å²) >= 11 is 17.7. The molecule has 2 amide bonds. The van der Waals surface area contributed by atoms with Crippen LogP contribution in [0.5, 0.6) is 0 Å². The van der Waals surface area contributed by atoms with Gasteiger partial charge in [0, 0.05) is 5.69 Å². The third-order valence-corrected chi connectivity index (χ3v) is 4.25. The zero-order valence-electron chi connectivity index (χ0n) is 13.4. The monoisotopic (exact) mass is 399 g/mol. The normalized spacial score (nSPS) is 10.6. The molecule has 0 saturated heterocycles. The molecular formula is C17H16Cl3N3O2. The number of anilines is 2. The van der Waals surface area contributed by atoms with E-state index in [1.54, 1.807) is 54.4 Å². The Labute approximate surface area is 160 Å². The number of rotatable bonds is 6. The Balaban J connectivity index is 1.83. The van der Waals surface area contributed by atoms with E-state index in [4.69, 9.17) is 34.8 Å². The summed E-state index contributed by atoms with van der Waals surface area (Å²) in [6, 6.07) is 11.7. The number of benzene rings is 2. The Kier molecular flexibility index (Phi) is 7.08. The molecule has 0 atom stereocenters. The lowest BCUT2D eigenvalue weighted by Crippen LogP contribution is -2.36. The minimum Gasteiger partial charge on any atom is -0.325 e. The van der Waals surface area contributed by atoms with Crippen LogP contribution in [0.3, 0.4) is 0 Å². The number of carbonyl (C=O) groups is 2. The van der Waals surface area contributed by atoms with Crippen LogP contribution in [0.1, 0.15) is 0 Å². The van der Waals surface area contributed by atoms with E-state index >= 15 is 0 Å². The molecule has 2 N–H and O–H groups in total. The number of likely N-dealkylation sites (N-methyl/N-ethyl adjacent to an activating group) is 1. The van der Waals surface area contributed by atoms with Gasteiger partial charge in [-0.2, -0.15) is 0 Å². The molecule has 2 aromatic rings. The molecule has 25 heavy (non-hydrogen) atoms. The van der Waals surface area contributed by atoms with Crippen molar-refractivity contribution in [3.8, 4) is 0 Å². The Morgan fingerprint density at radius 2 is 1.52 bits per heavy atom. The highest BCUT2D eigenvalue weighted by molar-refractivity contribution is 6.42. The third kappa shape index (κ3) is 6.21. The van der Waals surface area contributed by atoms with Crippen LogP contribution in [0.2, 0.25) is 15.1 Å². The number of halogens is 3. The average molecular weight is 401 g/mol. The number of hydrogen-bond acceptors (Lipinski definition) is 3. The van der Waals surface area contributed by atoms with E-state index in [0.29, 0.717) is 26.4 Å². The zero-order valence-corrected chi connectivity index (χ0v) is 15.6. The van der Waals surface area contributed by atoms with Crippen molar-refractivity contribution in [1.29, 1.82) is 0 Å². The van der Waals surface area contributed by atoms with E-state index in [-0.39, 0.29) is 24.9 Å². The predicted molar refractivity (Wildman–Crippen MR) is 103 cm³/mol. The quantitative estimate of drug-likeness (QED) is 0.765. The molecule has 2 aromatic carbocycles. The fourth-order valence-electron chi connectivity index (χ4n) is 2.07. The summed E-state index contributed by atoms with van der Waals surface area (Å²) in [5.41, 5.74) is 1.07. The summed E-state index contributed by atoms with van der Waals surface area (Å²) in [7, 11) is 1.67. The summed E-state index contributed by atoms with van der Waals surface area (Å²) in [6.07, 6.45) is 0. The first-order valence-corrected chi connectivity index (χ1v) is 8.46. The van der Waals surface area contributed by atoms with Crippen molar-refractivity contribution in [2.75, 3.05) is 30.8 Å². The average Bonchev–Trinajstić information content (AvgIpc) is 2.52. The molecule has 0 aliphatic carbocycles. The molecule has 0 unspecified atom stereocenters. The van der Waals surface area contributed by atoms with Gasteiger partial charge in [0.25, 0.3) is 0 Å². The number of amides is 2. The van der Waals surface area contributed by atoms with Crippen molar-refractivity contribution in [2.24, 2.45) is 0 Å². The molecule has 0 heterocycles. The van der Waals surface area contributed by atoms with Crippen LogP contribution >= 0.6 is 34.8 Å². The van der Waals surface area contributed by atoms with E-state index in [2.05, 4.69) is 10.6 Å². The summed E-state index contributed by atoms with van der Waals surface area (Å²) in [5.74, 6) is -0.538. The predicted octanol–water partition coefficient (Wildman–Crippen LogP) is 4.16. The highest BCUT2D eigenvalue weighted by Crippen LogP contribution is 2.25. The van der Waals surface area contributed by atoms with Crippen molar-refractivity contribution < 1.29 is 9.59 Å². The van der Waals surface area contributed by atoms with E-state index in [1.807, 2.05) is 0 Å². The number of hydrogen-bond donors (Lipinski definition) is 2. The molecule has 5 nitrogen and oxygen atoms in total. The van der Waals surface area contributed by atoms with Gasteiger partial charge in [0.05, 0.1) is 33.8 Å². The first-order valence-electron chi connectivity index (χ1n) is 7.33. The van der Waals surface area contributed by atoms with Gasteiger partial charge in [0.2, 0.25) is 11.8 Å². The molecule has 0 bridgehead atoms. The molecule has 0 aliphatic heterocycles. The van der Waals surface area contributed by atoms with Crippen LogP contribution in [0.15, 0.2) is 42.5 Å². The fraction of sp³-hybridized carbons (Fsp3) is 0.176. The van der Waals surface area contributed by atoms with E-state index < -0.39 is 0 Å². The van der Waals surface area contributed by atoms with Crippen molar-refractivity contribution in [1.82, 2.24) is 4.90 Å². The molecule has 8 heteroatoms. The minimum absolute atomic E-state index is 0.0379. The molecule has 132 valence electrons. The number of nitrogens with zero attached hydrogens (tertiary/aromatic N) is 1. The maximum Gasteiger partial charge on any atom is 0.238 e. The van der Waals surface area contributed by atoms with Crippen molar-refractivity contribution in [3.05, 3.63) is 57.5 Å². The SMILES string of the molecule is CN(CC(=O)Nc1ccc(Cl)c(Cl)c1)CC(=O)Nc1ccccc1Cl. The van der Waals surface area contributed by atoms with Crippen molar-refractivity contribution in [2.45, 2.75) is 0 Å². The van der Waals surface area contributed by atoms with Crippen LogP contribution in [0.25, 0.3) is 0 Å². The van der Waals surface area contributed by atoms with Gasteiger partial charge in [0.1, 0.15) is 0 Å². The molecule has 2 rings (SSSR count). The van der Waals surface area contributed by atoms with Crippen molar-refractivity contribution >= 4 is 58.0 Å². The lowest BCUT2D eigenvalue weighted by Gasteiger charge is -2.16. The maximum absolute atomic E-state index is 12.0. The first kappa shape index (κ1) is 19.5. The van der Waals surface area contributed by atoms with Gasteiger partial charge in [-0.25, -0.2) is 0 Å². The highest BCUT2D eigenvalue weighted by Gasteiger charge is 2.12. The largest absolute Gasteiger partial charge is 0.325 e. The second-order valence-electron chi connectivity index (χ2n) is 5.38. The second-order valence-corrected chi connectivity index (χ2v) is 6.60. The lowest BCUT2D eigenvalue weighted by atomic mass is 10.3. The smallest absolute Gasteiger partial charge is 0.238 e. The van der Waals surface area contributed by atoms with Crippen LogP contribution in [-0.4, -0.2) is 36.9 Å². The van der Waals surface area contributed by atoms with Gasteiger partial charge in [-0.05, 0) is 37.4 Å². The van der Waals surface area contributed by atoms with E-state index in [9.17, 15) is 9.59 Å². The molecule has 0 aliphatic rings. The molecule has 0 aromatic heterocycles. The Hall–Kier alpha value is -1.79. The Morgan fingerprint density at radius 1 is 0.880 bits per heavy atom. The fourth-order valence-corrected chi connectivity index (χ4v) is 2.55. The molecule has 0 saturated carbocycles. The third-order valence-electron chi connectivity index (χ3n) is 3.18. The maximum atomic E-state index is 12.0. The first-order chi connectivity index (χ1) is 11.8. The van der Waals surface area contributed by atoms with Crippen molar-refractivity contribution in [3.63, 3.8) is 0 Å². The van der Waals surface area contributed by atoms with E-state index in [1.165, 1.54) is 0 Å².